The summed E-state index contributed by atoms with van der Waals surface area (Å²) in [6.45, 7) is 0.535. The fourth-order valence-electron chi connectivity index (χ4n) is 4.00. The summed E-state index contributed by atoms with van der Waals surface area (Å²) in [7, 11) is -1.15. The Morgan fingerprint density at radius 3 is 2.27 bits per heavy atom. The SMILES string of the molecule is COc1ccc(/C(=C/CCCOc2ccc(S(=O)(=O)C3(C(=O)NO)CCOCC3)cc2)S(=O)OC)cc1. The molecule has 3 rings (SSSR count). The second kappa shape index (κ2) is 13.2. The Morgan fingerprint density at radius 1 is 1.08 bits per heavy atom. The van der Waals surface area contributed by atoms with Crippen LogP contribution in [0.15, 0.2) is 59.5 Å². The molecule has 37 heavy (non-hydrogen) atoms. The van der Waals surface area contributed by atoms with Gasteiger partial charge in [-0.15, -0.1) is 0 Å². The molecule has 1 saturated heterocycles. The molecule has 2 N–H and O–H groups in total. The molecule has 0 aromatic heterocycles. The average molecular weight is 554 g/mol. The van der Waals surface area contributed by atoms with Crippen molar-refractivity contribution in [3.05, 3.63) is 60.2 Å². The van der Waals surface area contributed by atoms with Crippen molar-refractivity contribution in [1.29, 1.82) is 0 Å². The van der Waals surface area contributed by atoms with Crippen LogP contribution in [0.3, 0.4) is 0 Å². The first-order chi connectivity index (χ1) is 17.8. The zero-order valence-electron chi connectivity index (χ0n) is 20.7. The number of unbranched alkanes of at least 4 members (excludes halogenated alkanes) is 1. The van der Waals surface area contributed by atoms with Gasteiger partial charge >= 0.3 is 0 Å². The van der Waals surface area contributed by atoms with Crippen LogP contribution in [0.1, 0.15) is 31.2 Å². The molecule has 0 bridgehead atoms. The van der Waals surface area contributed by atoms with E-state index in [1.807, 2.05) is 18.2 Å². The third-order valence-corrected chi connectivity index (χ3v) is 9.70. The third-order valence-electron chi connectivity index (χ3n) is 6.12. The molecule has 1 aliphatic rings. The van der Waals surface area contributed by atoms with E-state index in [1.165, 1.54) is 36.9 Å². The molecule has 1 aliphatic heterocycles. The van der Waals surface area contributed by atoms with Gasteiger partial charge in [0, 0.05) is 13.2 Å². The molecule has 2 aromatic rings. The zero-order valence-corrected chi connectivity index (χ0v) is 22.3. The van der Waals surface area contributed by atoms with Gasteiger partial charge in [-0.25, -0.2) is 18.1 Å². The summed E-state index contributed by atoms with van der Waals surface area (Å²) < 4.78 is 58.3. The molecule has 0 radical (unpaired) electrons. The number of amides is 1. The highest BCUT2D eigenvalue weighted by atomic mass is 32.2. The van der Waals surface area contributed by atoms with Crippen LogP contribution in [-0.2, 0) is 34.6 Å². The number of hydrogen-bond donors (Lipinski definition) is 2. The molecule has 10 nitrogen and oxygen atoms in total. The van der Waals surface area contributed by atoms with Gasteiger partial charge in [0.1, 0.15) is 11.5 Å². The predicted molar refractivity (Wildman–Crippen MR) is 137 cm³/mol. The van der Waals surface area contributed by atoms with Crippen molar-refractivity contribution < 1.29 is 41.0 Å². The Hall–Kier alpha value is -2.77. The van der Waals surface area contributed by atoms with E-state index in [0.717, 1.165) is 5.56 Å². The van der Waals surface area contributed by atoms with E-state index >= 15 is 0 Å². The van der Waals surface area contributed by atoms with Crippen LogP contribution in [0.4, 0.5) is 0 Å². The lowest BCUT2D eigenvalue weighted by molar-refractivity contribution is -0.134. The van der Waals surface area contributed by atoms with E-state index in [1.54, 1.807) is 19.2 Å². The molecule has 1 fully saturated rings. The lowest BCUT2D eigenvalue weighted by Crippen LogP contribution is -2.54. The molecule has 0 spiro atoms. The van der Waals surface area contributed by atoms with E-state index < -0.39 is 31.6 Å². The summed E-state index contributed by atoms with van der Waals surface area (Å²) >= 11 is -1.62. The number of hydroxylamine groups is 1. The Kier molecular flexibility index (Phi) is 10.2. The highest BCUT2D eigenvalue weighted by Gasteiger charge is 2.52. The fraction of sp³-hybridized carbons (Fsp3) is 0.400. The van der Waals surface area contributed by atoms with Crippen molar-refractivity contribution in [2.45, 2.75) is 35.3 Å². The maximum atomic E-state index is 13.3. The predicted octanol–water partition coefficient (Wildman–Crippen LogP) is 3.03. The van der Waals surface area contributed by atoms with Gasteiger partial charge in [0.05, 0.1) is 30.6 Å². The lowest BCUT2D eigenvalue weighted by atomic mass is 9.98. The van der Waals surface area contributed by atoms with Gasteiger partial charge in [-0.05, 0) is 67.6 Å². The standard InChI is InChI=1S/C25H31NO9S2/c1-32-20-8-6-19(7-9-20)23(36(29)33-2)5-3-4-16-35-21-10-12-22(13-11-21)37(30,31)25(24(27)26-28)14-17-34-18-15-25/h5-13,28H,3-4,14-18H2,1-2H3,(H,26,27)/b23-5-. The molecule has 2 aromatic carbocycles. The number of hydrogen-bond acceptors (Lipinski definition) is 9. The smallest absolute Gasteiger partial charge is 0.265 e. The number of nitrogens with one attached hydrogen (secondary N) is 1. The van der Waals surface area contributed by atoms with Crippen molar-refractivity contribution in [2.24, 2.45) is 0 Å². The summed E-state index contributed by atoms with van der Waals surface area (Å²) in [5, 5.41) is 9.15. The first-order valence-electron chi connectivity index (χ1n) is 11.6. The van der Waals surface area contributed by atoms with Gasteiger partial charge in [0.2, 0.25) is 0 Å². The van der Waals surface area contributed by atoms with E-state index in [2.05, 4.69) is 0 Å². The Bertz CT molecular complexity index is 1200. The third kappa shape index (κ3) is 6.57. The molecule has 12 heteroatoms. The number of carbonyl (C=O) groups excluding carboxylic acids is 1. The van der Waals surface area contributed by atoms with Crippen LogP contribution in [0, 0.1) is 0 Å². The van der Waals surface area contributed by atoms with Crippen LogP contribution in [0.5, 0.6) is 11.5 Å². The molecule has 1 unspecified atom stereocenters. The molecule has 1 atom stereocenters. The maximum Gasteiger partial charge on any atom is 0.265 e. The summed E-state index contributed by atoms with van der Waals surface area (Å²) in [6.07, 6.45) is 2.91. The van der Waals surface area contributed by atoms with Crippen molar-refractivity contribution >= 4 is 31.7 Å². The van der Waals surface area contributed by atoms with Crippen LogP contribution in [0.25, 0.3) is 4.91 Å². The van der Waals surface area contributed by atoms with E-state index in [-0.39, 0.29) is 31.0 Å². The monoisotopic (exact) mass is 553 g/mol. The minimum atomic E-state index is -4.10. The molecular weight excluding hydrogens is 522 g/mol. The van der Waals surface area contributed by atoms with Crippen molar-refractivity contribution in [2.75, 3.05) is 34.0 Å². The number of rotatable bonds is 12. The molecule has 0 aliphatic carbocycles. The lowest BCUT2D eigenvalue weighted by Gasteiger charge is -2.34. The zero-order chi connectivity index (χ0) is 26.9. The number of sulfone groups is 1. The minimum absolute atomic E-state index is 0.0422. The van der Waals surface area contributed by atoms with Gasteiger partial charge < -0.3 is 14.2 Å². The van der Waals surface area contributed by atoms with Crippen LogP contribution in [-0.4, -0.2) is 62.5 Å². The van der Waals surface area contributed by atoms with Crippen molar-refractivity contribution in [1.82, 2.24) is 5.48 Å². The summed E-state index contributed by atoms with van der Waals surface area (Å²) in [5.41, 5.74) is 2.26. The molecular formula is C25H31NO9S2. The number of ether oxygens (including phenoxy) is 3. The summed E-state index contributed by atoms with van der Waals surface area (Å²) in [6, 6.07) is 13.0. The Labute approximate surface area is 219 Å². The largest absolute Gasteiger partial charge is 0.497 e. The maximum absolute atomic E-state index is 13.3. The Morgan fingerprint density at radius 2 is 1.70 bits per heavy atom. The normalized spacial score (nSPS) is 16.6. The second-order valence-corrected chi connectivity index (χ2v) is 11.7. The van der Waals surface area contributed by atoms with Crippen molar-refractivity contribution in [3.63, 3.8) is 0 Å². The van der Waals surface area contributed by atoms with Crippen LogP contribution < -0.4 is 15.0 Å². The second-order valence-electron chi connectivity index (χ2n) is 8.21. The van der Waals surface area contributed by atoms with Crippen LogP contribution in [0.2, 0.25) is 0 Å². The van der Waals surface area contributed by atoms with Crippen LogP contribution >= 0.6 is 0 Å². The molecule has 1 heterocycles. The molecule has 0 saturated carbocycles. The first-order valence-corrected chi connectivity index (χ1v) is 14.2. The minimum Gasteiger partial charge on any atom is -0.497 e. The topological polar surface area (TPSA) is 137 Å². The van der Waals surface area contributed by atoms with Gasteiger partial charge in [0.25, 0.3) is 5.91 Å². The van der Waals surface area contributed by atoms with Gasteiger partial charge in [-0.2, -0.15) is 0 Å². The molecule has 1 amide bonds. The Balaban J connectivity index is 1.62. The summed E-state index contributed by atoms with van der Waals surface area (Å²) in [5.74, 6) is 0.192. The fourth-order valence-corrected chi connectivity index (χ4v) is 6.70. The highest BCUT2D eigenvalue weighted by molar-refractivity contribution is 7.93. The number of benzene rings is 2. The van der Waals surface area contributed by atoms with E-state index in [9.17, 15) is 17.4 Å². The van der Waals surface area contributed by atoms with Crippen molar-refractivity contribution in [3.8, 4) is 11.5 Å². The highest BCUT2D eigenvalue weighted by Crippen LogP contribution is 2.35. The van der Waals surface area contributed by atoms with E-state index in [4.69, 9.17) is 23.6 Å². The number of carbonyl (C=O) groups is 1. The van der Waals surface area contributed by atoms with E-state index in [0.29, 0.717) is 35.9 Å². The summed E-state index contributed by atoms with van der Waals surface area (Å²) in [4.78, 5) is 12.9. The van der Waals surface area contributed by atoms with Gasteiger partial charge in [0.15, 0.2) is 25.7 Å². The molecule has 202 valence electrons. The average Bonchev–Trinajstić information content (AvgIpc) is 2.94. The van der Waals surface area contributed by atoms with Gasteiger partial charge in [-0.3, -0.25) is 14.2 Å². The first kappa shape index (κ1) is 28.8. The number of allylic oxidation sites excluding steroid dienone is 1. The number of methoxy groups -OCH3 is 1. The van der Waals surface area contributed by atoms with Gasteiger partial charge in [-0.1, -0.05) is 18.2 Å². The quantitative estimate of drug-likeness (QED) is 0.231.